The van der Waals surface area contributed by atoms with E-state index < -0.39 is 6.10 Å². The molecule has 1 aliphatic carbocycles. The molecular formula is C16H20O. The number of aliphatic hydroxyl groups is 1. The van der Waals surface area contributed by atoms with Gasteiger partial charge in [-0.25, -0.2) is 0 Å². The van der Waals surface area contributed by atoms with E-state index >= 15 is 0 Å². The van der Waals surface area contributed by atoms with Gasteiger partial charge in [0.25, 0.3) is 0 Å². The van der Waals surface area contributed by atoms with Crippen LogP contribution in [0.1, 0.15) is 38.0 Å². The maximum Gasteiger partial charge on any atom is 0.0893 e. The summed E-state index contributed by atoms with van der Waals surface area (Å²) in [6.45, 7) is 6.49. The fourth-order valence-corrected chi connectivity index (χ4v) is 2.03. The third-order valence-electron chi connectivity index (χ3n) is 3.00. The maximum absolute atomic E-state index is 10.3. The number of fused-ring (bicyclic) bond motifs is 1. The molecule has 0 spiro atoms. The van der Waals surface area contributed by atoms with Gasteiger partial charge in [-0.1, -0.05) is 69.3 Å². The SMILES string of the molecule is CC(C)(C)/C=C/[C@@H]1C=Cc2ccccc2[C@@H]1O. The van der Waals surface area contributed by atoms with Crippen LogP contribution in [-0.4, -0.2) is 5.11 Å². The Kier molecular flexibility index (Phi) is 3.21. The van der Waals surface area contributed by atoms with Gasteiger partial charge in [0.1, 0.15) is 0 Å². The zero-order valence-corrected chi connectivity index (χ0v) is 10.7. The molecule has 1 N–H and O–H groups in total. The zero-order chi connectivity index (χ0) is 12.5. The van der Waals surface area contributed by atoms with E-state index in [2.05, 4.69) is 45.1 Å². The number of rotatable bonds is 1. The summed E-state index contributed by atoms with van der Waals surface area (Å²) in [4.78, 5) is 0. The first-order valence-corrected chi connectivity index (χ1v) is 6.12. The van der Waals surface area contributed by atoms with Gasteiger partial charge in [0.2, 0.25) is 0 Å². The van der Waals surface area contributed by atoms with Gasteiger partial charge in [0.15, 0.2) is 0 Å². The molecule has 0 fully saturated rings. The molecule has 1 nitrogen and oxygen atoms in total. The molecule has 0 aromatic heterocycles. The molecule has 1 heteroatoms. The molecule has 2 rings (SSSR count). The van der Waals surface area contributed by atoms with Crippen LogP contribution in [0.2, 0.25) is 0 Å². The predicted molar refractivity (Wildman–Crippen MR) is 72.5 cm³/mol. The molecule has 0 saturated carbocycles. The standard InChI is InChI=1S/C16H20O/c1-16(2,3)11-10-13-9-8-12-6-4-5-7-14(12)15(13)17/h4-11,13,15,17H,1-3H3/b11-10+/t13-,15+/m0/s1. The molecule has 0 amide bonds. The van der Waals surface area contributed by atoms with Crippen molar-refractivity contribution in [1.29, 1.82) is 0 Å². The Morgan fingerprint density at radius 3 is 2.59 bits per heavy atom. The van der Waals surface area contributed by atoms with E-state index in [9.17, 15) is 5.11 Å². The molecule has 0 saturated heterocycles. The number of allylic oxidation sites excluding steroid dienone is 1. The van der Waals surface area contributed by atoms with E-state index in [-0.39, 0.29) is 11.3 Å². The van der Waals surface area contributed by atoms with Crippen molar-refractivity contribution in [2.45, 2.75) is 26.9 Å². The Morgan fingerprint density at radius 2 is 1.88 bits per heavy atom. The summed E-state index contributed by atoms with van der Waals surface area (Å²) in [6.07, 6.45) is 8.03. The first kappa shape index (κ1) is 12.1. The van der Waals surface area contributed by atoms with Crippen LogP contribution in [0.15, 0.2) is 42.5 Å². The fourth-order valence-electron chi connectivity index (χ4n) is 2.03. The highest BCUT2D eigenvalue weighted by atomic mass is 16.3. The summed E-state index contributed by atoms with van der Waals surface area (Å²) in [5.41, 5.74) is 2.31. The molecule has 0 radical (unpaired) electrons. The molecule has 0 heterocycles. The van der Waals surface area contributed by atoms with Gasteiger partial charge in [0, 0.05) is 5.92 Å². The predicted octanol–water partition coefficient (Wildman–Crippen LogP) is 3.97. The Bertz CT molecular complexity index is 449. The lowest BCUT2D eigenvalue weighted by molar-refractivity contribution is 0.149. The maximum atomic E-state index is 10.3. The van der Waals surface area contributed by atoms with Gasteiger partial charge in [-0.05, 0) is 16.5 Å². The molecule has 0 aliphatic heterocycles. The number of hydrogen-bond acceptors (Lipinski definition) is 1. The van der Waals surface area contributed by atoms with Crippen LogP contribution in [0.25, 0.3) is 6.08 Å². The van der Waals surface area contributed by atoms with E-state index in [4.69, 9.17) is 0 Å². The van der Waals surface area contributed by atoms with Crippen LogP contribution in [0.5, 0.6) is 0 Å². The normalized spacial score (nSPS) is 24.0. The zero-order valence-electron chi connectivity index (χ0n) is 10.7. The Balaban J connectivity index is 2.24. The van der Waals surface area contributed by atoms with Gasteiger partial charge in [-0.3, -0.25) is 0 Å². The van der Waals surface area contributed by atoms with Crippen LogP contribution in [0.3, 0.4) is 0 Å². The van der Waals surface area contributed by atoms with E-state index in [1.165, 1.54) is 0 Å². The summed E-state index contributed by atoms with van der Waals surface area (Å²) >= 11 is 0. The van der Waals surface area contributed by atoms with Crippen molar-refractivity contribution < 1.29 is 5.11 Å². The van der Waals surface area contributed by atoms with Crippen LogP contribution in [-0.2, 0) is 0 Å². The summed E-state index contributed by atoms with van der Waals surface area (Å²) in [5.74, 6) is 0.0872. The van der Waals surface area contributed by atoms with Crippen molar-refractivity contribution in [2.24, 2.45) is 11.3 Å². The molecule has 0 unspecified atom stereocenters. The second kappa shape index (κ2) is 4.50. The minimum absolute atomic E-state index is 0.0872. The Morgan fingerprint density at radius 1 is 1.18 bits per heavy atom. The van der Waals surface area contributed by atoms with E-state index in [0.717, 1.165) is 11.1 Å². The lowest BCUT2D eigenvalue weighted by Crippen LogP contribution is -2.13. The summed E-state index contributed by atoms with van der Waals surface area (Å²) in [5, 5.41) is 10.3. The second-order valence-corrected chi connectivity index (χ2v) is 5.74. The van der Waals surface area contributed by atoms with Crippen molar-refractivity contribution in [3.63, 3.8) is 0 Å². The lowest BCUT2D eigenvalue weighted by atomic mass is 9.85. The van der Waals surface area contributed by atoms with Crippen LogP contribution in [0, 0.1) is 11.3 Å². The van der Waals surface area contributed by atoms with Crippen LogP contribution < -0.4 is 0 Å². The summed E-state index contributed by atoms with van der Waals surface area (Å²) < 4.78 is 0. The highest BCUT2D eigenvalue weighted by molar-refractivity contribution is 5.58. The third kappa shape index (κ3) is 2.86. The van der Waals surface area contributed by atoms with E-state index in [0.29, 0.717) is 0 Å². The molecule has 1 aromatic carbocycles. The van der Waals surface area contributed by atoms with Crippen LogP contribution >= 0.6 is 0 Å². The fraction of sp³-hybridized carbons (Fsp3) is 0.375. The first-order valence-electron chi connectivity index (χ1n) is 6.12. The van der Waals surface area contributed by atoms with Crippen molar-refractivity contribution in [3.05, 3.63) is 53.6 Å². The summed E-state index contributed by atoms with van der Waals surface area (Å²) in [7, 11) is 0. The smallest absolute Gasteiger partial charge is 0.0893 e. The van der Waals surface area contributed by atoms with Gasteiger partial charge >= 0.3 is 0 Å². The molecule has 2 atom stereocenters. The number of benzene rings is 1. The molecule has 1 aliphatic rings. The van der Waals surface area contributed by atoms with Crippen LogP contribution in [0.4, 0.5) is 0 Å². The van der Waals surface area contributed by atoms with E-state index in [1.54, 1.807) is 0 Å². The quantitative estimate of drug-likeness (QED) is 0.721. The summed E-state index contributed by atoms with van der Waals surface area (Å²) in [6, 6.07) is 8.02. The third-order valence-corrected chi connectivity index (χ3v) is 3.00. The Hall–Kier alpha value is -1.34. The van der Waals surface area contributed by atoms with E-state index in [1.807, 2.05) is 24.3 Å². The molecule has 1 aromatic rings. The second-order valence-electron chi connectivity index (χ2n) is 5.74. The highest BCUT2D eigenvalue weighted by Crippen LogP contribution is 2.33. The van der Waals surface area contributed by atoms with Crippen molar-refractivity contribution in [1.82, 2.24) is 0 Å². The average Bonchev–Trinajstić information content (AvgIpc) is 2.27. The minimum atomic E-state index is -0.421. The lowest BCUT2D eigenvalue weighted by Gasteiger charge is -2.24. The Labute approximate surface area is 103 Å². The van der Waals surface area contributed by atoms with Gasteiger partial charge in [-0.2, -0.15) is 0 Å². The first-order chi connectivity index (χ1) is 7.97. The largest absolute Gasteiger partial charge is 0.387 e. The van der Waals surface area contributed by atoms with Gasteiger partial charge < -0.3 is 5.11 Å². The molecule has 90 valence electrons. The van der Waals surface area contributed by atoms with Crippen molar-refractivity contribution >= 4 is 6.08 Å². The molecule has 0 bridgehead atoms. The topological polar surface area (TPSA) is 20.2 Å². The monoisotopic (exact) mass is 228 g/mol. The average molecular weight is 228 g/mol. The van der Waals surface area contributed by atoms with Gasteiger partial charge in [-0.15, -0.1) is 0 Å². The minimum Gasteiger partial charge on any atom is -0.387 e. The van der Waals surface area contributed by atoms with Gasteiger partial charge in [0.05, 0.1) is 6.10 Å². The van der Waals surface area contributed by atoms with Crippen molar-refractivity contribution in [2.75, 3.05) is 0 Å². The molecular weight excluding hydrogens is 208 g/mol. The molecule has 17 heavy (non-hydrogen) atoms. The number of hydrogen-bond donors (Lipinski definition) is 1. The highest BCUT2D eigenvalue weighted by Gasteiger charge is 2.22. The number of aliphatic hydroxyl groups excluding tert-OH is 1. The van der Waals surface area contributed by atoms with Crippen molar-refractivity contribution in [3.8, 4) is 0 Å².